The molecule has 0 saturated carbocycles. The number of hydrogen-bond acceptors (Lipinski definition) is 5. The largest absolute Gasteiger partial charge is 0.508 e. The minimum atomic E-state index is -0.705. The van der Waals surface area contributed by atoms with Crippen LogP contribution in [0, 0.1) is 0 Å². The van der Waals surface area contributed by atoms with E-state index >= 15 is 0 Å². The van der Waals surface area contributed by atoms with E-state index in [9.17, 15) is 14.7 Å². The Morgan fingerprint density at radius 3 is 2.09 bits per heavy atom. The van der Waals surface area contributed by atoms with Gasteiger partial charge in [-0.3, -0.25) is 0 Å². The molecular weight excluding hydrogens is 296 g/mol. The number of rotatable bonds is 9. The zero-order chi connectivity index (χ0) is 17.1. The normalized spacial score (nSPS) is 10.0. The Balaban J connectivity index is 2.90. The summed E-state index contributed by atoms with van der Waals surface area (Å²) in [6, 6.07) is 6.27. The summed E-state index contributed by atoms with van der Waals surface area (Å²) in [5.74, 6) is -1.36. The second kappa shape index (κ2) is 10.4. The molecule has 5 nitrogen and oxygen atoms in total. The molecule has 0 aliphatic rings. The number of phenols is 1. The Kier molecular flexibility index (Phi) is 8.50. The zero-order valence-electron chi connectivity index (χ0n) is 13.7. The van der Waals surface area contributed by atoms with Crippen molar-refractivity contribution in [2.75, 3.05) is 13.2 Å². The first-order valence-electron chi connectivity index (χ1n) is 7.93. The second-order valence-electron chi connectivity index (χ2n) is 5.13. The van der Waals surface area contributed by atoms with Gasteiger partial charge in [0.15, 0.2) is 0 Å². The SMILES string of the molecule is CCCCOC(=O)C(=Cc1cccc(O)c1)C(=O)OCCCC. The third-order valence-corrected chi connectivity index (χ3v) is 3.08. The molecule has 1 aromatic carbocycles. The average molecular weight is 320 g/mol. The molecule has 1 rings (SSSR count). The molecule has 0 unspecified atom stereocenters. The summed E-state index contributed by atoms with van der Waals surface area (Å²) in [4.78, 5) is 24.3. The minimum Gasteiger partial charge on any atom is -0.508 e. The van der Waals surface area contributed by atoms with Crippen LogP contribution in [0.4, 0.5) is 0 Å². The van der Waals surface area contributed by atoms with Crippen LogP contribution in [0.25, 0.3) is 6.08 Å². The lowest BCUT2D eigenvalue weighted by Crippen LogP contribution is -2.19. The van der Waals surface area contributed by atoms with Gasteiger partial charge in [0.1, 0.15) is 11.3 Å². The van der Waals surface area contributed by atoms with E-state index in [4.69, 9.17) is 9.47 Å². The maximum atomic E-state index is 12.1. The molecule has 0 spiro atoms. The van der Waals surface area contributed by atoms with Gasteiger partial charge in [-0.25, -0.2) is 9.59 Å². The van der Waals surface area contributed by atoms with Crippen molar-refractivity contribution in [1.82, 2.24) is 0 Å². The average Bonchev–Trinajstić information content (AvgIpc) is 2.53. The molecule has 23 heavy (non-hydrogen) atoms. The van der Waals surface area contributed by atoms with E-state index in [2.05, 4.69) is 0 Å². The number of benzene rings is 1. The molecule has 0 aliphatic carbocycles. The van der Waals surface area contributed by atoms with E-state index < -0.39 is 11.9 Å². The number of carbonyl (C=O) groups is 2. The molecule has 126 valence electrons. The molecule has 1 aromatic rings. The summed E-state index contributed by atoms with van der Waals surface area (Å²) in [5, 5.41) is 9.49. The fraction of sp³-hybridized carbons (Fsp3) is 0.444. The van der Waals surface area contributed by atoms with Crippen LogP contribution in [0.5, 0.6) is 5.75 Å². The van der Waals surface area contributed by atoms with Gasteiger partial charge in [-0.05, 0) is 36.6 Å². The van der Waals surface area contributed by atoms with Gasteiger partial charge in [-0.1, -0.05) is 38.8 Å². The van der Waals surface area contributed by atoms with E-state index in [0.29, 0.717) is 5.56 Å². The Morgan fingerprint density at radius 1 is 1.04 bits per heavy atom. The van der Waals surface area contributed by atoms with Crippen LogP contribution < -0.4 is 0 Å². The van der Waals surface area contributed by atoms with E-state index in [1.807, 2.05) is 13.8 Å². The smallest absolute Gasteiger partial charge is 0.345 e. The highest BCUT2D eigenvalue weighted by Gasteiger charge is 2.21. The maximum Gasteiger partial charge on any atom is 0.345 e. The fourth-order valence-electron chi connectivity index (χ4n) is 1.76. The number of aromatic hydroxyl groups is 1. The van der Waals surface area contributed by atoms with E-state index in [1.54, 1.807) is 12.1 Å². The standard InChI is InChI=1S/C18H24O5/c1-3-5-10-22-17(20)16(18(21)23-11-6-4-2)13-14-8-7-9-15(19)12-14/h7-9,12-13,19H,3-6,10-11H2,1-2H3. The number of esters is 2. The van der Waals surface area contributed by atoms with Gasteiger partial charge in [0.25, 0.3) is 0 Å². The van der Waals surface area contributed by atoms with Crippen molar-refractivity contribution in [1.29, 1.82) is 0 Å². The lowest BCUT2D eigenvalue weighted by Gasteiger charge is -2.09. The molecule has 0 radical (unpaired) electrons. The Bertz CT molecular complexity index is 524. The lowest BCUT2D eigenvalue weighted by molar-refractivity contribution is -0.147. The molecule has 0 saturated heterocycles. The Hall–Kier alpha value is -2.30. The zero-order valence-corrected chi connectivity index (χ0v) is 13.7. The minimum absolute atomic E-state index is 0.0526. The molecule has 1 N–H and O–H groups in total. The van der Waals surface area contributed by atoms with Gasteiger partial charge in [-0.2, -0.15) is 0 Å². The predicted octanol–water partition coefficient (Wildman–Crippen LogP) is 3.46. The Labute approximate surface area is 136 Å². The quantitative estimate of drug-likeness (QED) is 0.248. The summed E-state index contributed by atoms with van der Waals surface area (Å²) in [6.45, 7) is 4.48. The lowest BCUT2D eigenvalue weighted by atomic mass is 10.1. The number of unbranched alkanes of at least 4 members (excludes halogenated alkanes) is 2. The molecular formula is C18H24O5. The first kappa shape index (κ1) is 18.7. The number of hydrogen-bond donors (Lipinski definition) is 1. The summed E-state index contributed by atoms with van der Waals surface area (Å²) in [7, 11) is 0. The van der Waals surface area contributed by atoms with Gasteiger partial charge < -0.3 is 14.6 Å². The number of phenolic OH excluding ortho intramolecular Hbond substituents is 1. The van der Waals surface area contributed by atoms with Crippen LogP contribution in [-0.4, -0.2) is 30.3 Å². The van der Waals surface area contributed by atoms with Crippen molar-refractivity contribution in [3.05, 3.63) is 35.4 Å². The maximum absolute atomic E-state index is 12.1. The third-order valence-electron chi connectivity index (χ3n) is 3.08. The van der Waals surface area contributed by atoms with Gasteiger partial charge >= 0.3 is 11.9 Å². The monoisotopic (exact) mass is 320 g/mol. The van der Waals surface area contributed by atoms with Gasteiger partial charge in [0.05, 0.1) is 13.2 Å². The van der Waals surface area contributed by atoms with Crippen LogP contribution in [0.1, 0.15) is 45.1 Å². The highest BCUT2D eigenvalue weighted by atomic mass is 16.6. The third kappa shape index (κ3) is 7.00. The first-order valence-corrected chi connectivity index (χ1v) is 7.93. The van der Waals surface area contributed by atoms with Crippen LogP contribution in [0.15, 0.2) is 29.8 Å². The van der Waals surface area contributed by atoms with Crippen molar-refractivity contribution in [3.63, 3.8) is 0 Å². The highest BCUT2D eigenvalue weighted by Crippen LogP contribution is 2.16. The van der Waals surface area contributed by atoms with Crippen molar-refractivity contribution >= 4 is 18.0 Å². The number of ether oxygens (including phenoxy) is 2. The van der Waals surface area contributed by atoms with Crippen molar-refractivity contribution < 1.29 is 24.2 Å². The van der Waals surface area contributed by atoms with Crippen LogP contribution in [0.3, 0.4) is 0 Å². The van der Waals surface area contributed by atoms with Crippen LogP contribution >= 0.6 is 0 Å². The second-order valence-corrected chi connectivity index (χ2v) is 5.13. The summed E-state index contributed by atoms with van der Waals surface area (Å²) in [5.41, 5.74) is 0.364. The van der Waals surface area contributed by atoms with E-state index in [-0.39, 0.29) is 24.5 Å². The summed E-state index contributed by atoms with van der Waals surface area (Å²) < 4.78 is 10.2. The number of carbonyl (C=O) groups excluding carboxylic acids is 2. The van der Waals surface area contributed by atoms with E-state index in [0.717, 1.165) is 25.7 Å². The van der Waals surface area contributed by atoms with Crippen molar-refractivity contribution in [3.8, 4) is 5.75 Å². The highest BCUT2D eigenvalue weighted by molar-refractivity contribution is 6.17. The molecule has 0 fully saturated rings. The molecule has 0 aromatic heterocycles. The molecule has 0 atom stereocenters. The molecule has 0 bridgehead atoms. The fourth-order valence-corrected chi connectivity index (χ4v) is 1.76. The molecule has 0 aliphatic heterocycles. The van der Waals surface area contributed by atoms with Gasteiger partial charge in [-0.15, -0.1) is 0 Å². The molecule has 0 amide bonds. The predicted molar refractivity (Wildman–Crippen MR) is 87.8 cm³/mol. The Morgan fingerprint density at radius 2 is 1.61 bits per heavy atom. The van der Waals surface area contributed by atoms with Crippen molar-refractivity contribution in [2.24, 2.45) is 0 Å². The van der Waals surface area contributed by atoms with E-state index in [1.165, 1.54) is 18.2 Å². The topological polar surface area (TPSA) is 72.8 Å². The molecule has 5 heteroatoms. The van der Waals surface area contributed by atoms with Gasteiger partial charge in [0, 0.05) is 0 Å². The summed E-state index contributed by atoms with van der Waals surface area (Å²) >= 11 is 0. The van der Waals surface area contributed by atoms with Gasteiger partial charge in [0.2, 0.25) is 0 Å². The first-order chi connectivity index (χ1) is 11.1. The van der Waals surface area contributed by atoms with Crippen LogP contribution in [-0.2, 0) is 19.1 Å². The summed E-state index contributed by atoms with van der Waals surface area (Å²) in [6.07, 6.45) is 4.62. The molecule has 0 heterocycles. The van der Waals surface area contributed by atoms with Crippen LogP contribution in [0.2, 0.25) is 0 Å². The van der Waals surface area contributed by atoms with Crippen molar-refractivity contribution in [2.45, 2.75) is 39.5 Å².